The van der Waals surface area contributed by atoms with Gasteiger partial charge in [-0.25, -0.2) is 14.8 Å². The number of H-pyrrole nitrogens is 1. The van der Waals surface area contributed by atoms with Crippen LogP contribution in [0.4, 0.5) is 23.8 Å². The average molecular weight is 430 g/mol. The minimum atomic E-state index is -4.58. The summed E-state index contributed by atoms with van der Waals surface area (Å²) in [7, 11) is 0. The van der Waals surface area contributed by atoms with Gasteiger partial charge in [0.1, 0.15) is 17.8 Å². The highest BCUT2D eigenvalue weighted by molar-refractivity contribution is 5.98. The lowest BCUT2D eigenvalue weighted by Gasteiger charge is -2.07. The van der Waals surface area contributed by atoms with Crippen molar-refractivity contribution in [3.8, 4) is 11.6 Å². The second kappa shape index (κ2) is 8.09. The van der Waals surface area contributed by atoms with Crippen LogP contribution in [0.1, 0.15) is 24.7 Å². The van der Waals surface area contributed by atoms with Crippen LogP contribution in [0.3, 0.4) is 0 Å². The number of hydrogen-bond acceptors (Lipinski definition) is 5. The van der Waals surface area contributed by atoms with E-state index in [1.54, 1.807) is 30.3 Å². The Hall–Kier alpha value is -3.89. The Bertz CT molecular complexity index is 1230. The van der Waals surface area contributed by atoms with Crippen molar-refractivity contribution in [2.75, 3.05) is 5.32 Å². The molecule has 3 aromatic heterocycles. The van der Waals surface area contributed by atoms with Crippen LogP contribution in [0.5, 0.6) is 11.6 Å². The zero-order valence-corrected chi connectivity index (χ0v) is 16.3. The second-order valence-electron chi connectivity index (χ2n) is 6.70. The Morgan fingerprint density at radius 2 is 2.03 bits per heavy atom. The SMILES string of the molecule is CCCc1cc(Oc2ccc3c(ccn3C(=O)Nc3cc(C(F)(F)F)[nH]n3)c2)ncn1. The third kappa shape index (κ3) is 4.49. The van der Waals surface area contributed by atoms with Crippen LogP contribution >= 0.6 is 0 Å². The monoisotopic (exact) mass is 430 g/mol. The van der Waals surface area contributed by atoms with Gasteiger partial charge in [0.15, 0.2) is 5.82 Å². The van der Waals surface area contributed by atoms with Crippen LogP contribution < -0.4 is 10.1 Å². The normalized spacial score (nSPS) is 11.6. The lowest BCUT2D eigenvalue weighted by molar-refractivity contribution is -0.141. The predicted octanol–water partition coefficient (Wildman–Crippen LogP) is 5.00. The molecule has 11 heteroatoms. The topological polar surface area (TPSA) is 97.7 Å². The number of anilines is 1. The van der Waals surface area contributed by atoms with Crippen molar-refractivity contribution in [1.82, 2.24) is 24.7 Å². The number of aryl methyl sites for hydroxylation is 1. The van der Waals surface area contributed by atoms with Gasteiger partial charge in [0, 0.05) is 29.4 Å². The van der Waals surface area contributed by atoms with Crippen LogP contribution in [-0.2, 0) is 12.6 Å². The average Bonchev–Trinajstić information content (AvgIpc) is 3.35. The first kappa shape index (κ1) is 20.4. The van der Waals surface area contributed by atoms with Crippen LogP contribution in [0.2, 0.25) is 0 Å². The molecule has 160 valence electrons. The largest absolute Gasteiger partial charge is 0.439 e. The Morgan fingerprint density at radius 1 is 1.19 bits per heavy atom. The second-order valence-corrected chi connectivity index (χ2v) is 6.70. The van der Waals surface area contributed by atoms with Gasteiger partial charge in [-0.3, -0.25) is 15.0 Å². The van der Waals surface area contributed by atoms with Gasteiger partial charge in [0.05, 0.1) is 5.52 Å². The molecule has 0 saturated carbocycles. The summed E-state index contributed by atoms with van der Waals surface area (Å²) in [5.74, 6) is 0.702. The number of halogens is 3. The molecule has 2 N–H and O–H groups in total. The summed E-state index contributed by atoms with van der Waals surface area (Å²) >= 11 is 0. The van der Waals surface area contributed by atoms with E-state index in [-0.39, 0.29) is 5.82 Å². The van der Waals surface area contributed by atoms with E-state index in [0.29, 0.717) is 22.5 Å². The van der Waals surface area contributed by atoms with E-state index in [1.165, 1.54) is 17.1 Å². The zero-order chi connectivity index (χ0) is 22.0. The van der Waals surface area contributed by atoms with Crippen molar-refractivity contribution in [3.05, 3.63) is 60.3 Å². The number of carbonyl (C=O) groups excluding carboxylic acids is 1. The van der Waals surface area contributed by atoms with E-state index < -0.39 is 17.9 Å². The van der Waals surface area contributed by atoms with Crippen molar-refractivity contribution in [1.29, 1.82) is 0 Å². The first-order valence-electron chi connectivity index (χ1n) is 9.37. The van der Waals surface area contributed by atoms with E-state index in [4.69, 9.17) is 4.74 Å². The molecule has 0 aliphatic heterocycles. The van der Waals surface area contributed by atoms with Crippen molar-refractivity contribution < 1.29 is 22.7 Å². The Balaban J connectivity index is 1.51. The van der Waals surface area contributed by atoms with Gasteiger partial charge in [0.25, 0.3) is 0 Å². The molecule has 4 aromatic rings. The summed E-state index contributed by atoms with van der Waals surface area (Å²) in [6.07, 6.45) is 0.141. The van der Waals surface area contributed by atoms with Gasteiger partial charge in [0.2, 0.25) is 5.88 Å². The van der Waals surface area contributed by atoms with Crippen molar-refractivity contribution >= 4 is 22.8 Å². The minimum absolute atomic E-state index is 0.231. The Kier molecular flexibility index (Phi) is 5.32. The standard InChI is InChI=1S/C20H17F3N6O2/c1-2-3-13-9-18(25-11-24-13)31-14-4-5-15-12(8-14)6-7-29(15)19(30)26-17-10-16(27-28-17)20(21,22)23/h4-11H,2-3H2,1H3,(H2,26,27,28,30). The molecule has 0 fully saturated rings. The van der Waals surface area contributed by atoms with Crippen molar-refractivity contribution in [2.24, 2.45) is 0 Å². The zero-order valence-electron chi connectivity index (χ0n) is 16.3. The maximum absolute atomic E-state index is 12.7. The molecular formula is C20H17F3N6O2. The number of amides is 1. The van der Waals surface area contributed by atoms with Crippen LogP contribution in [0.25, 0.3) is 10.9 Å². The molecule has 0 aliphatic carbocycles. The summed E-state index contributed by atoms with van der Waals surface area (Å²) < 4.78 is 45.1. The van der Waals surface area contributed by atoms with Gasteiger partial charge in [-0.2, -0.15) is 18.3 Å². The summed E-state index contributed by atoms with van der Waals surface area (Å²) in [4.78, 5) is 20.8. The number of nitrogens with one attached hydrogen (secondary N) is 2. The Morgan fingerprint density at radius 3 is 2.77 bits per heavy atom. The van der Waals surface area contributed by atoms with E-state index in [2.05, 4.69) is 27.3 Å². The summed E-state index contributed by atoms with van der Waals surface area (Å²) in [6.45, 7) is 2.05. The third-order valence-corrected chi connectivity index (χ3v) is 4.43. The van der Waals surface area contributed by atoms with Gasteiger partial charge in [-0.05, 0) is 30.7 Å². The van der Waals surface area contributed by atoms with Gasteiger partial charge < -0.3 is 4.74 Å². The maximum atomic E-state index is 12.7. The number of hydrogen-bond donors (Lipinski definition) is 2. The number of ether oxygens (including phenoxy) is 1. The minimum Gasteiger partial charge on any atom is -0.439 e. The highest BCUT2D eigenvalue weighted by atomic mass is 19.4. The van der Waals surface area contributed by atoms with E-state index in [1.807, 2.05) is 5.10 Å². The predicted molar refractivity (Wildman–Crippen MR) is 106 cm³/mol. The fraction of sp³-hybridized carbons (Fsp3) is 0.200. The van der Waals surface area contributed by atoms with Crippen LogP contribution in [0.15, 0.2) is 48.9 Å². The maximum Gasteiger partial charge on any atom is 0.432 e. The smallest absolute Gasteiger partial charge is 0.432 e. The molecule has 0 bridgehead atoms. The molecule has 1 amide bonds. The lowest BCUT2D eigenvalue weighted by Crippen LogP contribution is -2.18. The lowest BCUT2D eigenvalue weighted by atomic mass is 10.2. The van der Waals surface area contributed by atoms with Gasteiger partial charge >= 0.3 is 12.2 Å². The molecular weight excluding hydrogens is 413 g/mol. The number of aromatic amines is 1. The molecule has 31 heavy (non-hydrogen) atoms. The van der Waals surface area contributed by atoms with E-state index in [9.17, 15) is 18.0 Å². The molecule has 4 rings (SSSR count). The molecule has 0 radical (unpaired) electrons. The number of benzene rings is 1. The fourth-order valence-electron chi connectivity index (χ4n) is 3.01. The number of nitrogens with zero attached hydrogens (tertiary/aromatic N) is 4. The molecule has 0 unspecified atom stereocenters. The Labute approximate surface area is 174 Å². The quantitative estimate of drug-likeness (QED) is 0.464. The van der Waals surface area contributed by atoms with E-state index >= 15 is 0 Å². The third-order valence-electron chi connectivity index (χ3n) is 4.43. The van der Waals surface area contributed by atoms with Gasteiger partial charge in [-0.15, -0.1) is 0 Å². The molecule has 3 heterocycles. The van der Waals surface area contributed by atoms with Gasteiger partial charge in [-0.1, -0.05) is 13.3 Å². The summed E-state index contributed by atoms with van der Waals surface area (Å²) in [5, 5.41) is 8.36. The first-order chi connectivity index (χ1) is 14.8. The molecule has 1 aromatic carbocycles. The number of carbonyl (C=O) groups is 1. The molecule has 0 spiro atoms. The summed E-state index contributed by atoms with van der Waals surface area (Å²) in [5.41, 5.74) is 0.378. The van der Waals surface area contributed by atoms with Crippen LogP contribution in [0, 0.1) is 0 Å². The van der Waals surface area contributed by atoms with Crippen molar-refractivity contribution in [2.45, 2.75) is 25.9 Å². The number of rotatable bonds is 5. The van der Waals surface area contributed by atoms with Crippen LogP contribution in [-0.4, -0.2) is 30.8 Å². The molecule has 0 aliphatic rings. The number of aromatic nitrogens is 5. The summed E-state index contributed by atoms with van der Waals surface area (Å²) in [6, 6.07) is 8.61. The highest BCUT2D eigenvalue weighted by Crippen LogP contribution is 2.29. The van der Waals surface area contributed by atoms with Crippen molar-refractivity contribution in [3.63, 3.8) is 0 Å². The fourth-order valence-corrected chi connectivity index (χ4v) is 3.01. The molecule has 8 nitrogen and oxygen atoms in total. The highest BCUT2D eigenvalue weighted by Gasteiger charge is 2.33. The van der Waals surface area contributed by atoms with E-state index in [0.717, 1.165) is 24.6 Å². The molecule has 0 atom stereocenters. The number of alkyl halides is 3. The number of fused-ring (bicyclic) bond motifs is 1. The molecule has 0 saturated heterocycles. The first-order valence-corrected chi connectivity index (χ1v) is 9.37.